The number of fused-ring (bicyclic) bond motifs is 1. The van der Waals surface area contributed by atoms with Crippen molar-refractivity contribution in [2.45, 2.75) is 38.8 Å². The van der Waals surface area contributed by atoms with Gasteiger partial charge in [0.2, 0.25) is 0 Å². The number of amides is 1. The highest BCUT2D eigenvalue weighted by Crippen LogP contribution is 2.39. The predicted octanol–water partition coefficient (Wildman–Crippen LogP) is -0.616. The molecule has 2 aliphatic heterocycles. The molecule has 0 spiro atoms. The van der Waals surface area contributed by atoms with Crippen LogP contribution in [0.3, 0.4) is 0 Å². The number of carbonyl (C=O) groups is 2. The van der Waals surface area contributed by atoms with Crippen molar-refractivity contribution in [3.63, 3.8) is 0 Å². The van der Waals surface area contributed by atoms with Crippen molar-refractivity contribution in [2.24, 2.45) is 11.1 Å². The number of hydrogen-bond acceptors (Lipinski definition) is 7. The minimum absolute atomic E-state index is 0.0530. The lowest BCUT2D eigenvalue weighted by Crippen LogP contribution is -2.64. The maximum Gasteiger partial charge on any atom is 0.315 e. The van der Waals surface area contributed by atoms with Gasteiger partial charge in [-0.15, -0.1) is 5.10 Å². The normalized spacial score (nSPS) is 26.2. The van der Waals surface area contributed by atoms with Gasteiger partial charge in [-0.2, -0.15) is 0 Å². The first-order valence-electron chi connectivity index (χ1n) is 8.91. The van der Waals surface area contributed by atoms with Gasteiger partial charge in [0.25, 0.3) is 5.91 Å². The molecule has 2 aliphatic rings. The number of aromatic nitrogens is 3. The third kappa shape index (κ3) is 3.38. The zero-order valence-corrected chi connectivity index (χ0v) is 14.6. The van der Waals surface area contributed by atoms with Gasteiger partial charge in [0.05, 0.1) is 19.3 Å². The van der Waals surface area contributed by atoms with Crippen molar-refractivity contribution in [2.75, 3.05) is 32.8 Å². The Hall–Kier alpha value is -2.00. The average Bonchev–Trinajstić information content (AvgIpc) is 3.09. The number of likely N-dealkylation sites (tertiary alicyclic amines) is 1. The number of ether oxygens (including phenoxy) is 1. The minimum atomic E-state index is -0.671. The van der Waals surface area contributed by atoms with E-state index >= 15 is 0 Å². The Labute approximate surface area is 146 Å². The van der Waals surface area contributed by atoms with Crippen LogP contribution in [-0.2, 0) is 16.1 Å². The lowest BCUT2D eigenvalue weighted by Gasteiger charge is -2.49. The number of rotatable bonds is 5. The second-order valence-corrected chi connectivity index (χ2v) is 6.66. The molecule has 2 fully saturated rings. The average molecular weight is 350 g/mol. The summed E-state index contributed by atoms with van der Waals surface area (Å²) in [6.45, 7) is 4.93. The predicted molar refractivity (Wildman–Crippen MR) is 89.7 cm³/mol. The summed E-state index contributed by atoms with van der Waals surface area (Å²) < 4.78 is 6.91. The maximum absolute atomic E-state index is 12.8. The molecule has 3 N–H and O–H groups in total. The zero-order valence-electron chi connectivity index (χ0n) is 14.6. The second-order valence-electron chi connectivity index (χ2n) is 6.66. The van der Waals surface area contributed by atoms with Crippen molar-refractivity contribution in [1.82, 2.24) is 25.2 Å². The van der Waals surface area contributed by atoms with Crippen LogP contribution in [0.5, 0.6) is 0 Å². The quantitative estimate of drug-likeness (QED) is 0.680. The van der Waals surface area contributed by atoms with E-state index in [1.54, 1.807) is 22.7 Å². The molecule has 3 heterocycles. The zero-order chi connectivity index (χ0) is 17.9. The molecule has 0 radical (unpaired) electrons. The highest BCUT2D eigenvalue weighted by Gasteiger charge is 2.52. The van der Waals surface area contributed by atoms with Gasteiger partial charge in [0.1, 0.15) is 5.41 Å². The van der Waals surface area contributed by atoms with Crippen LogP contribution in [0.4, 0.5) is 0 Å². The molecule has 0 unspecified atom stereocenters. The van der Waals surface area contributed by atoms with Gasteiger partial charge in [0, 0.05) is 25.7 Å². The molecule has 9 heteroatoms. The fourth-order valence-electron chi connectivity index (χ4n) is 3.88. The van der Waals surface area contributed by atoms with Crippen LogP contribution >= 0.6 is 0 Å². The van der Waals surface area contributed by atoms with Gasteiger partial charge in [-0.3, -0.25) is 14.3 Å². The Bertz CT molecular complexity index is 633. The highest BCUT2D eigenvalue weighted by molar-refractivity contribution is 5.92. The Balaban J connectivity index is 1.78. The number of nitrogens with zero attached hydrogens (tertiary/aromatic N) is 4. The van der Waals surface area contributed by atoms with Gasteiger partial charge in [0.15, 0.2) is 5.69 Å². The van der Waals surface area contributed by atoms with Crippen LogP contribution < -0.4 is 11.1 Å². The van der Waals surface area contributed by atoms with E-state index in [-0.39, 0.29) is 23.6 Å². The smallest absolute Gasteiger partial charge is 0.315 e. The van der Waals surface area contributed by atoms with Gasteiger partial charge < -0.3 is 20.7 Å². The van der Waals surface area contributed by atoms with E-state index in [0.29, 0.717) is 32.8 Å². The first kappa shape index (κ1) is 17.8. The molecule has 0 bridgehead atoms. The topological polar surface area (TPSA) is 115 Å². The van der Waals surface area contributed by atoms with Crippen LogP contribution in [-0.4, -0.2) is 70.6 Å². The SMILES string of the molecule is CCOC(=O)[C@]12CCCN[C@@H]1CCN(C(=O)c1cn(CCN)nn1)C2. The van der Waals surface area contributed by atoms with Gasteiger partial charge in [-0.05, 0) is 32.7 Å². The molecule has 0 aliphatic carbocycles. The molecule has 1 aromatic heterocycles. The van der Waals surface area contributed by atoms with Crippen LogP contribution in [0.25, 0.3) is 0 Å². The number of nitrogens with one attached hydrogen (secondary N) is 1. The van der Waals surface area contributed by atoms with E-state index in [9.17, 15) is 9.59 Å². The van der Waals surface area contributed by atoms with Crippen LogP contribution in [0.15, 0.2) is 6.20 Å². The highest BCUT2D eigenvalue weighted by atomic mass is 16.5. The van der Waals surface area contributed by atoms with Crippen molar-refractivity contribution in [3.05, 3.63) is 11.9 Å². The van der Waals surface area contributed by atoms with Crippen LogP contribution in [0.1, 0.15) is 36.7 Å². The van der Waals surface area contributed by atoms with Crippen molar-refractivity contribution in [1.29, 1.82) is 0 Å². The summed E-state index contributed by atoms with van der Waals surface area (Å²) in [5.74, 6) is -0.410. The lowest BCUT2D eigenvalue weighted by molar-refractivity contribution is -0.162. The second kappa shape index (κ2) is 7.49. The first-order chi connectivity index (χ1) is 12.1. The summed E-state index contributed by atoms with van der Waals surface area (Å²) in [4.78, 5) is 27.2. The summed E-state index contributed by atoms with van der Waals surface area (Å²) in [5, 5.41) is 11.3. The summed E-state index contributed by atoms with van der Waals surface area (Å²) in [6.07, 6.45) is 3.95. The van der Waals surface area contributed by atoms with Crippen LogP contribution in [0, 0.1) is 5.41 Å². The number of nitrogens with two attached hydrogens (primary N) is 1. The summed E-state index contributed by atoms with van der Waals surface area (Å²) in [6, 6.07) is 0.0530. The van der Waals surface area contributed by atoms with E-state index in [2.05, 4.69) is 15.6 Å². The molecular weight excluding hydrogens is 324 g/mol. The first-order valence-corrected chi connectivity index (χ1v) is 8.91. The lowest BCUT2D eigenvalue weighted by atomic mass is 9.70. The maximum atomic E-state index is 12.8. The molecule has 0 aromatic carbocycles. The third-order valence-corrected chi connectivity index (χ3v) is 5.10. The summed E-state index contributed by atoms with van der Waals surface area (Å²) in [5.41, 5.74) is 5.11. The van der Waals surface area contributed by atoms with E-state index in [1.165, 1.54) is 0 Å². The largest absolute Gasteiger partial charge is 0.465 e. The molecule has 3 rings (SSSR count). The van der Waals surface area contributed by atoms with E-state index < -0.39 is 5.41 Å². The fourth-order valence-corrected chi connectivity index (χ4v) is 3.88. The number of esters is 1. The molecule has 2 atom stereocenters. The molecule has 9 nitrogen and oxygen atoms in total. The number of carbonyl (C=O) groups excluding carboxylic acids is 2. The number of hydrogen-bond donors (Lipinski definition) is 2. The molecule has 1 aromatic rings. The monoisotopic (exact) mass is 350 g/mol. The van der Waals surface area contributed by atoms with E-state index in [0.717, 1.165) is 25.8 Å². The van der Waals surface area contributed by atoms with Crippen LogP contribution in [0.2, 0.25) is 0 Å². The third-order valence-electron chi connectivity index (χ3n) is 5.10. The Morgan fingerprint density at radius 2 is 2.36 bits per heavy atom. The Morgan fingerprint density at radius 1 is 1.52 bits per heavy atom. The standard InChI is InChI=1S/C16H26N6O3/c1-2-25-15(24)16-5-3-7-18-13(16)4-8-21(11-16)14(23)12-10-22(9-6-17)20-19-12/h10,13,18H,2-9,11,17H2,1H3/t13-,16+/m1/s1. The van der Waals surface area contributed by atoms with Gasteiger partial charge >= 0.3 is 5.97 Å². The van der Waals surface area contributed by atoms with Gasteiger partial charge in [-0.25, -0.2) is 0 Å². The van der Waals surface area contributed by atoms with Gasteiger partial charge in [-0.1, -0.05) is 5.21 Å². The summed E-state index contributed by atoms with van der Waals surface area (Å²) >= 11 is 0. The van der Waals surface area contributed by atoms with Crippen molar-refractivity contribution >= 4 is 11.9 Å². The van der Waals surface area contributed by atoms with Crippen molar-refractivity contribution < 1.29 is 14.3 Å². The molecular formula is C16H26N6O3. The molecule has 0 saturated carbocycles. The minimum Gasteiger partial charge on any atom is -0.465 e. The molecule has 138 valence electrons. The Kier molecular flexibility index (Phi) is 5.33. The Morgan fingerprint density at radius 3 is 3.12 bits per heavy atom. The van der Waals surface area contributed by atoms with Crippen molar-refractivity contribution in [3.8, 4) is 0 Å². The molecule has 2 saturated heterocycles. The summed E-state index contributed by atoms with van der Waals surface area (Å²) in [7, 11) is 0. The van der Waals surface area contributed by atoms with E-state index in [1.807, 2.05) is 0 Å². The molecule has 1 amide bonds. The fraction of sp³-hybridized carbons (Fsp3) is 0.750. The molecule has 25 heavy (non-hydrogen) atoms. The van der Waals surface area contributed by atoms with E-state index in [4.69, 9.17) is 10.5 Å². The number of piperidine rings is 2.